The molecule has 0 aliphatic carbocycles. The Morgan fingerprint density at radius 3 is 2.00 bits per heavy atom. The normalized spacial score (nSPS) is 5.62. The van der Waals surface area contributed by atoms with E-state index < -0.39 is 0 Å². The van der Waals surface area contributed by atoms with Crippen LogP contribution in [0.2, 0.25) is 0 Å². The molecule has 4 nitrogen and oxygen atoms in total. The van der Waals surface area contributed by atoms with Gasteiger partial charge in [-0.25, -0.2) is 5.26 Å². The first-order chi connectivity index (χ1) is 2.91. The molecule has 0 aliphatic rings. The fourth-order valence-electron chi connectivity index (χ4n) is 0.0423. The molecule has 0 heterocycles. The van der Waals surface area contributed by atoms with E-state index in [1.54, 1.807) is 0 Å². The second-order valence-electron chi connectivity index (χ2n) is 0.384. The number of hydrogen-bond donors (Lipinski definition) is 0. The van der Waals surface area contributed by atoms with Crippen LogP contribution in [0.1, 0.15) is 0 Å². The van der Waals surface area contributed by atoms with E-state index >= 15 is 0 Å². The van der Waals surface area contributed by atoms with E-state index in [1.807, 2.05) is 0 Å². The van der Waals surface area contributed by atoms with Crippen LogP contribution in [0.25, 0.3) is 0 Å². The Balaban J connectivity index is -0.000000125. The van der Waals surface area contributed by atoms with Gasteiger partial charge in [0.25, 0.3) is 0 Å². The Labute approximate surface area is 70.9 Å². The van der Waals surface area contributed by atoms with Gasteiger partial charge in [-0.2, -0.15) is 0 Å². The molecule has 0 saturated heterocycles. The van der Waals surface area contributed by atoms with E-state index in [-0.39, 0.29) is 37.7 Å². The minimum atomic E-state index is 0. The molecule has 0 aliphatic heterocycles. The van der Waals surface area contributed by atoms with E-state index in [0.29, 0.717) is 0 Å². The quantitative estimate of drug-likeness (QED) is 0.0683. The smallest absolute Gasteiger partial charge is 0.473 e. The Morgan fingerprint density at radius 1 is 1.38 bits per heavy atom. The molecule has 0 unspecified atom stereocenters. The average molecular weight is 106 g/mol. The van der Waals surface area contributed by atoms with Gasteiger partial charge in [0.05, 0.1) is 5.04 Å². The second kappa shape index (κ2) is 15.6. The fourth-order valence-corrected chi connectivity index (χ4v) is 0.0423. The van der Waals surface area contributed by atoms with Gasteiger partial charge in [0, 0.05) is 0 Å². The van der Waals surface area contributed by atoms with Gasteiger partial charge in [-0.1, -0.05) is 6.26 Å². The van der Waals surface area contributed by atoms with E-state index in [2.05, 4.69) is 21.5 Å². The Bertz CT molecular complexity index is 41.0. The molecule has 36 valence electrons. The molecule has 0 aromatic carbocycles. The molecule has 0 saturated carbocycles. The zero-order valence-electron chi connectivity index (χ0n) is 4.88. The molecule has 0 rings (SSSR count). The maximum absolute atomic E-state index is 5.78. The number of rotatable bonds is 3. The predicted molar refractivity (Wildman–Crippen MR) is 15.7 cm³/mol. The molecule has 0 radical (unpaired) electrons. The minimum absolute atomic E-state index is 0. The molecule has 0 bridgehead atoms. The summed E-state index contributed by atoms with van der Waals surface area (Å²) in [7, 11) is 0. The van der Waals surface area contributed by atoms with Gasteiger partial charge in [-0.3, -0.25) is 0 Å². The van der Waals surface area contributed by atoms with Crippen molar-refractivity contribution in [1.82, 2.24) is 0 Å². The summed E-state index contributed by atoms with van der Waals surface area (Å²) in [5.41, 5.74) is 0. The molecule has 0 fully saturated rings. The van der Waals surface area contributed by atoms with Crippen molar-refractivity contribution in [2.75, 3.05) is 0 Å². The molecule has 0 aromatic heterocycles. The van der Waals surface area contributed by atoms with Gasteiger partial charge in [0.2, 0.25) is 0 Å². The first-order valence-corrected chi connectivity index (χ1v) is 1.11. The molecule has 0 spiro atoms. The van der Waals surface area contributed by atoms with Crippen molar-refractivity contribution in [3.8, 4) is 0 Å². The van der Waals surface area contributed by atoms with Crippen molar-refractivity contribution in [3.63, 3.8) is 0 Å². The minimum Gasteiger partial charge on any atom is -0.473 e. The van der Waals surface area contributed by atoms with Crippen LogP contribution in [0.4, 0.5) is 0 Å². The van der Waals surface area contributed by atoms with E-state index in [9.17, 15) is 0 Å². The standard InChI is InChI=1S/C2H3O4.2Li/c1-2-4-6-5-3;;/h1-3H;;/q-1;2*+1/p+1. The van der Waals surface area contributed by atoms with Crippen molar-refractivity contribution in [3.05, 3.63) is 12.8 Å². The van der Waals surface area contributed by atoms with Crippen molar-refractivity contribution < 1.29 is 57.9 Å². The summed E-state index contributed by atoms with van der Waals surface area (Å²) in [4.78, 5) is 3.73. The average Bonchev–Trinajstić information content (AvgIpc) is 1.61. The SMILES string of the molecule is [CH-]=COOO[OH2+].[Li+].[Li+]. The van der Waals surface area contributed by atoms with Gasteiger partial charge >= 0.3 is 37.7 Å². The van der Waals surface area contributed by atoms with E-state index in [0.717, 1.165) is 6.26 Å². The van der Waals surface area contributed by atoms with Gasteiger partial charge in [-0.05, 0) is 0 Å². The largest absolute Gasteiger partial charge is 1.00 e. The molecule has 6 heteroatoms. The topological polar surface area (TPSA) is 50.6 Å². The van der Waals surface area contributed by atoms with Crippen LogP contribution < -0.4 is 37.7 Å². The molecular weight excluding hydrogens is 102 g/mol. The maximum Gasteiger partial charge on any atom is 1.00 e. The summed E-state index contributed by atoms with van der Waals surface area (Å²) in [6, 6.07) is 0. The zero-order valence-corrected chi connectivity index (χ0v) is 4.88. The Morgan fingerprint density at radius 2 is 1.88 bits per heavy atom. The van der Waals surface area contributed by atoms with Crippen LogP contribution in [-0.2, 0) is 15.0 Å². The molecule has 0 amide bonds. The van der Waals surface area contributed by atoms with Crippen LogP contribution >= 0.6 is 0 Å². The zero-order chi connectivity index (χ0) is 4.83. The predicted octanol–water partition coefficient (Wildman–Crippen LogP) is -6.54. The van der Waals surface area contributed by atoms with Crippen LogP contribution in [0.15, 0.2) is 6.26 Å². The van der Waals surface area contributed by atoms with Crippen LogP contribution in [0, 0.1) is 6.58 Å². The molecule has 2 N–H and O–H groups in total. The maximum atomic E-state index is 5.78. The van der Waals surface area contributed by atoms with Crippen LogP contribution in [0.5, 0.6) is 0 Å². The van der Waals surface area contributed by atoms with Gasteiger partial charge in [0.15, 0.2) is 0 Å². The molecule has 0 atom stereocenters. The Hall–Kier alpha value is 0.615. The second-order valence-corrected chi connectivity index (χ2v) is 0.384. The summed E-state index contributed by atoms with van der Waals surface area (Å²) in [6.07, 6.45) is 0.745. The third-order valence-electron chi connectivity index (χ3n) is 0.129. The molecular formula is C2H4Li2O4+2. The third-order valence-corrected chi connectivity index (χ3v) is 0.129. The third kappa shape index (κ3) is 16.0. The van der Waals surface area contributed by atoms with Crippen molar-refractivity contribution in [2.24, 2.45) is 0 Å². The fraction of sp³-hybridized carbons (Fsp3) is 0. The van der Waals surface area contributed by atoms with E-state index in [1.165, 1.54) is 0 Å². The Kier molecular flexibility index (Phi) is 31.0. The first-order valence-electron chi connectivity index (χ1n) is 1.11. The summed E-state index contributed by atoms with van der Waals surface area (Å²) < 4.78 is 0. The van der Waals surface area contributed by atoms with Crippen molar-refractivity contribution in [1.29, 1.82) is 0 Å². The van der Waals surface area contributed by atoms with Crippen LogP contribution in [0.3, 0.4) is 0 Å². The van der Waals surface area contributed by atoms with E-state index in [4.69, 9.17) is 5.26 Å². The van der Waals surface area contributed by atoms with Gasteiger partial charge in [-0.15, -0.1) is 0 Å². The summed E-state index contributed by atoms with van der Waals surface area (Å²) in [5.74, 6) is 0. The number of hydrogen-bond acceptors (Lipinski definition) is 3. The summed E-state index contributed by atoms with van der Waals surface area (Å²) in [5, 5.41) is 12.5. The van der Waals surface area contributed by atoms with Crippen molar-refractivity contribution in [2.45, 2.75) is 0 Å². The molecule has 8 heavy (non-hydrogen) atoms. The van der Waals surface area contributed by atoms with Gasteiger partial charge in [0.1, 0.15) is 5.04 Å². The monoisotopic (exact) mass is 106 g/mol. The summed E-state index contributed by atoms with van der Waals surface area (Å²) >= 11 is 0. The van der Waals surface area contributed by atoms with Crippen molar-refractivity contribution >= 4 is 0 Å². The first kappa shape index (κ1) is 15.8. The molecule has 0 aromatic rings. The summed E-state index contributed by atoms with van der Waals surface area (Å²) in [6.45, 7) is 4.58. The van der Waals surface area contributed by atoms with Crippen LogP contribution in [-0.4, -0.2) is 5.26 Å². The van der Waals surface area contributed by atoms with Gasteiger partial charge < -0.3 is 11.5 Å².